The molecule has 0 radical (unpaired) electrons. The van der Waals surface area contributed by atoms with Crippen LogP contribution in [-0.2, 0) is 15.6 Å². The number of hydrogen-bond acceptors (Lipinski definition) is 8. The number of fused-ring (bicyclic) bond motifs is 1. The first-order valence-corrected chi connectivity index (χ1v) is 14.3. The van der Waals surface area contributed by atoms with E-state index < -0.39 is 27.9 Å². The molecule has 0 aliphatic heterocycles. The van der Waals surface area contributed by atoms with Crippen LogP contribution in [0.15, 0.2) is 30.6 Å². The van der Waals surface area contributed by atoms with Crippen LogP contribution in [0.3, 0.4) is 0 Å². The molecule has 3 aromatic rings. The number of nitrogens with one attached hydrogen (secondary N) is 1. The number of aryl methyl sites for hydroxylation is 1. The zero-order valence-corrected chi connectivity index (χ0v) is 22.5. The van der Waals surface area contributed by atoms with Gasteiger partial charge in [-0.1, -0.05) is 0 Å². The molecule has 0 aromatic carbocycles. The summed E-state index contributed by atoms with van der Waals surface area (Å²) in [6.07, 6.45) is 7.01. The summed E-state index contributed by atoms with van der Waals surface area (Å²) in [5.74, 6) is -3.38. The fourth-order valence-corrected chi connectivity index (χ4v) is 6.05. The number of hydrogen-bond donors (Lipinski definition) is 1. The molecule has 0 unspecified atom stereocenters. The normalized spacial score (nSPS) is 18.9. The van der Waals surface area contributed by atoms with Gasteiger partial charge in [-0.2, -0.15) is 0 Å². The monoisotopic (exact) mass is 532 g/mol. The van der Waals surface area contributed by atoms with Crippen LogP contribution in [-0.4, -0.2) is 71.1 Å². The molecule has 1 saturated carbocycles. The van der Waals surface area contributed by atoms with Gasteiger partial charge in [0.05, 0.1) is 34.6 Å². The highest BCUT2D eigenvalue weighted by Gasteiger charge is 2.25. The Bertz CT molecular complexity index is 1340. The standard InChI is InChI=1S/C26H34F2N6O2S/c1-17-13-22(18-5-6-20(29-14-18)16-37(35,36)12-11-26(2,27)28)32-23-15-30-25(33-24(17)23)31-19-7-9-21(10-8-19)34(3)4/h5-6,13-15,19,21H,7-12,16H2,1-4H3,(H,30,31,33). The van der Waals surface area contributed by atoms with Gasteiger partial charge in [-0.05, 0) is 77.4 Å². The van der Waals surface area contributed by atoms with E-state index in [4.69, 9.17) is 4.98 Å². The lowest BCUT2D eigenvalue weighted by atomic mass is 9.91. The highest BCUT2D eigenvalue weighted by Crippen LogP contribution is 2.26. The summed E-state index contributed by atoms with van der Waals surface area (Å²) in [6, 6.07) is 6.22. The first-order chi connectivity index (χ1) is 17.4. The number of anilines is 1. The van der Waals surface area contributed by atoms with Crippen LogP contribution >= 0.6 is 0 Å². The molecular formula is C26H34F2N6O2S. The average molecular weight is 533 g/mol. The number of nitrogens with zero attached hydrogens (tertiary/aromatic N) is 5. The Balaban J connectivity index is 1.45. The maximum Gasteiger partial charge on any atom is 0.246 e. The Labute approximate surface area is 216 Å². The molecular weight excluding hydrogens is 498 g/mol. The van der Waals surface area contributed by atoms with Crippen molar-refractivity contribution in [2.24, 2.45) is 0 Å². The Morgan fingerprint density at radius 2 is 1.81 bits per heavy atom. The van der Waals surface area contributed by atoms with E-state index in [0.29, 0.717) is 47.4 Å². The highest BCUT2D eigenvalue weighted by molar-refractivity contribution is 7.90. The lowest BCUT2D eigenvalue weighted by Crippen LogP contribution is -2.36. The molecule has 3 aromatic heterocycles. The number of pyridine rings is 2. The molecule has 3 heterocycles. The molecule has 0 bridgehead atoms. The van der Waals surface area contributed by atoms with Gasteiger partial charge in [0, 0.05) is 30.3 Å². The van der Waals surface area contributed by atoms with Crippen LogP contribution in [0.25, 0.3) is 22.3 Å². The molecule has 0 atom stereocenters. The summed E-state index contributed by atoms with van der Waals surface area (Å²) in [4.78, 5) is 20.4. The maximum absolute atomic E-state index is 13.0. The minimum absolute atomic E-state index is 0.305. The number of aromatic nitrogens is 4. The van der Waals surface area contributed by atoms with Crippen LogP contribution in [0, 0.1) is 6.92 Å². The predicted octanol–water partition coefficient (Wildman–Crippen LogP) is 4.64. The second-order valence-electron chi connectivity index (χ2n) is 10.3. The molecule has 1 N–H and O–H groups in total. The third-order valence-electron chi connectivity index (χ3n) is 6.84. The SMILES string of the molecule is Cc1cc(-c2ccc(CS(=O)(=O)CCC(C)(F)F)nc2)nc2cnc(NC3CCC(N(C)C)CC3)nc12. The van der Waals surface area contributed by atoms with Crippen molar-refractivity contribution in [3.05, 3.63) is 41.9 Å². The minimum Gasteiger partial charge on any atom is -0.351 e. The second-order valence-corrected chi connectivity index (χ2v) is 12.5. The summed E-state index contributed by atoms with van der Waals surface area (Å²) in [7, 11) is 0.573. The molecule has 37 heavy (non-hydrogen) atoms. The van der Waals surface area contributed by atoms with Gasteiger partial charge in [0.15, 0.2) is 9.84 Å². The van der Waals surface area contributed by atoms with Gasteiger partial charge in [-0.3, -0.25) is 4.98 Å². The number of sulfone groups is 1. The summed E-state index contributed by atoms with van der Waals surface area (Å²) in [5, 5.41) is 3.48. The molecule has 200 valence electrons. The Morgan fingerprint density at radius 3 is 2.43 bits per heavy atom. The molecule has 0 spiro atoms. The number of rotatable bonds is 9. The van der Waals surface area contributed by atoms with Crippen molar-refractivity contribution in [2.45, 2.75) is 69.7 Å². The van der Waals surface area contributed by atoms with Gasteiger partial charge in [0.1, 0.15) is 5.52 Å². The van der Waals surface area contributed by atoms with E-state index >= 15 is 0 Å². The summed E-state index contributed by atoms with van der Waals surface area (Å²) in [5.41, 5.74) is 4.05. The summed E-state index contributed by atoms with van der Waals surface area (Å²) in [6.45, 7) is 2.68. The van der Waals surface area contributed by atoms with Gasteiger partial charge in [-0.25, -0.2) is 32.2 Å². The van der Waals surface area contributed by atoms with Crippen LogP contribution < -0.4 is 5.32 Å². The highest BCUT2D eigenvalue weighted by atomic mass is 32.2. The quantitative estimate of drug-likeness (QED) is 0.425. The minimum atomic E-state index is -3.69. The largest absolute Gasteiger partial charge is 0.351 e. The van der Waals surface area contributed by atoms with Crippen LogP contribution in [0.2, 0.25) is 0 Å². The zero-order valence-electron chi connectivity index (χ0n) is 21.7. The van der Waals surface area contributed by atoms with Crippen LogP contribution in [0.5, 0.6) is 0 Å². The van der Waals surface area contributed by atoms with E-state index in [9.17, 15) is 17.2 Å². The summed E-state index contributed by atoms with van der Waals surface area (Å²) >= 11 is 0. The molecule has 1 aliphatic rings. The fourth-order valence-electron chi connectivity index (χ4n) is 4.61. The Hall–Kier alpha value is -2.79. The van der Waals surface area contributed by atoms with E-state index in [0.717, 1.165) is 36.8 Å². The first-order valence-electron chi connectivity index (χ1n) is 12.5. The van der Waals surface area contributed by atoms with Crippen LogP contribution in [0.4, 0.5) is 14.7 Å². The second kappa shape index (κ2) is 10.9. The van der Waals surface area contributed by atoms with Gasteiger partial charge in [0.25, 0.3) is 0 Å². The zero-order chi connectivity index (χ0) is 26.8. The van der Waals surface area contributed by atoms with Gasteiger partial charge in [-0.15, -0.1) is 0 Å². The third-order valence-corrected chi connectivity index (χ3v) is 8.40. The molecule has 0 amide bonds. The number of halogens is 2. The van der Waals surface area contributed by atoms with Gasteiger partial charge < -0.3 is 10.2 Å². The average Bonchev–Trinajstić information content (AvgIpc) is 2.83. The van der Waals surface area contributed by atoms with E-state index in [-0.39, 0.29) is 5.75 Å². The smallest absolute Gasteiger partial charge is 0.246 e. The van der Waals surface area contributed by atoms with Crippen molar-refractivity contribution >= 4 is 26.8 Å². The van der Waals surface area contributed by atoms with E-state index in [1.54, 1.807) is 24.5 Å². The van der Waals surface area contributed by atoms with Crippen molar-refractivity contribution < 1.29 is 17.2 Å². The van der Waals surface area contributed by atoms with Crippen LogP contribution in [0.1, 0.15) is 50.3 Å². The van der Waals surface area contributed by atoms with E-state index in [1.807, 2.05) is 13.0 Å². The van der Waals surface area contributed by atoms with Crippen molar-refractivity contribution in [2.75, 3.05) is 25.2 Å². The predicted molar refractivity (Wildman–Crippen MR) is 141 cm³/mol. The van der Waals surface area contributed by atoms with E-state index in [2.05, 4.69) is 39.3 Å². The van der Waals surface area contributed by atoms with E-state index in [1.165, 1.54) is 0 Å². The maximum atomic E-state index is 13.0. The van der Waals surface area contributed by atoms with Crippen molar-refractivity contribution in [3.63, 3.8) is 0 Å². The van der Waals surface area contributed by atoms with Crippen molar-refractivity contribution in [1.82, 2.24) is 24.8 Å². The van der Waals surface area contributed by atoms with Crippen molar-refractivity contribution in [1.29, 1.82) is 0 Å². The summed E-state index contributed by atoms with van der Waals surface area (Å²) < 4.78 is 50.4. The fraction of sp³-hybridized carbons (Fsp3) is 0.538. The molecule has 4 rings (SSSR count). The molecule has 1 fully saturated rings. The number of alkyl halides is 2. The lowest BCUT2D eigenvalue weighted by Gasteiger charge is -2.32. The third kappa shape index (κ3) is 7.38. The first kappa shape index (κ1) is 27.3. The molecule has 11 heteroatoms. The molecule has 8 nitrogen and oxygen atoms in total. The van der Waals surface area contributed by atoms with Crippen molar-refractivity contribution in [3.8, 4) is 11.3 Å². The Morgan fingerprint density at radius 1 is 1.08 bits per heavy atom. The molecule has 1 aliphatic carbocycles. The topological polar surface area (TPSA) is 101 Å². The van der Waals surface area contributed by atoms with Gasteiger partial charge >= 0.3 is 0 Å². The lowest BCUT2D eigenvalue weighted by molar-refractivity contribution is 0.0189. The van der Waals surface area contributed by atoms with Gasteiger partial charge in [0.2, 0.25) is 11.9 Å². The Kier molecular flexibility index (Phi) is 8.03. The molecule has 0 saturated heterocycles.